The van der Waals surface area contributed by atoms with Crippen molar-refractivity contribution < 1.29 is 4.79 Å². The topological polar surface area (TPSA) is 29.1 Å². The second-order valence-electron chi connectivity index (χ2n) is 7.49. The predicted octanol–water partition coefficient (Wildman–Crippen LogP) is 2.73. The average Bonchev–Trinajstić information content (AvgIpc) is 2.10. The van der Waals surface area contributed by atoms with E-state index >= 15 is 0 Å². The molecule has 0 aromatic heterocycles. The molecule has 0 aromatic carbocycles. The Morgan fingerprint density at radius 1 is 1.06 bits per heavy atom. The van der Waals surface area contributed by atoms with Crippen LogP contribution >= 0.6 is 0 Å². The number of rotatable bonds is 1. The number of hydrogen-bond acceptors (Lipinski definition) is 1. The molecule has 0 spiro atoms. The van der Waals surface area contributed by atoms with E-state index in [2.05, 4.69) is 19.2 Å². The lowest BCUT2D eigenvalue weighted by Crippen LogP contribution is -2.59. The Kier molecular flexibility index (Phi) is 1.88. The second-order valence-corrected chi connectivity index (χ2v) is 7.49. The molecule has 4 fully saturated rings. The minimum Gasteiger partial charge on any atom is -0.359 e. The fraction of sp³-hybridized carbons (Fsp3) is 0.929. The van der Waals surface area contributed by atoms with E-state index in [1.807, 2.05) is 0 Å². The summed E-state index contributed by atoms with van der Waals surface area (Å²) in [6, 6.07) is 0. The minimum atomic E-state index is -0.0162. The quantitative estimate of drug-likeness (QED) is 0.724. The van der Waals surface area contributed by atoms with Crippen LogP contribution in [0.4, 0.5) is 0 Å². The van der Waals surface area contributed by atoms with Crippen molar-refractivity contribution in [3.63, 3.8) is 0 Å². The summed E-state index contributed by atoms with van der Waals surface area (Å²) in [7, 11) is 1.80. The van der Waals surface area contributed by atoms with Gasteiger partial charge in [0.15, 0.2) is 0 Å². The average molecular weight is 221 g/mol. The highest BCUT2D eigenvalue weighted by molar-refractivity contribution is 5.83. The monoisotopic (exact) mass is 221 g/mol. The maximum Gasteiger partial charge on any atom is 0.226 e. The van der Waals surface area contributed by atoms with Crippen LogP contribution in [0, 0.1) is 22.2 Å². The van der Waals surface area contributed by atoms with Crippen molar-refractivity contribution in [1.29, 1.82) is 0 Å². The Balaban J connectivity index is 2.01. The summed E-state index contributed by atoms with van der Waals surface area (Å²) in [6.45, 7) is 4.82. The molecular formula is C14H23NO. The zero-order valence-corrected chi connectivity index (χ0v) is 10.7. The molecule has 1 N–H and O–H groups in total. The highest BCUT2D eigenvalue weighted by Gasteiger charge is 2.62. The van der Waals surface area contributed by atoms with Crippen molar-refractivity contribution in [1.82, 2.24) is 5.32 Å². The van der Waals surface area contributed by atoms with Gasteiger partial charge in [0.1, 0.15) is 0 Å². The first-order chi connectivity index (χ1) is 7.39. The van der Waals surface area contributed by atoms with Gasteiger partial charge in [-0.05, 0) is 55.3 Å². The first-order valence-corrected chi connectivity index (χ1v) is 6.61. The molecule has 2 heteroatoms. The maximum atomic E-state index is 12.2. The predicted molar refractivity (Wildman–Crippen MR) is 63.9 cm³/mol. The zero-order chi connectivity index (χ0) is 11.6. The summed E-state index contributed by atoms with van der Waals surface area (Å²) in [5, 5.41) is 2.92. The number of amides is 1. The van der Waals surface area contributed by atoms with Crippen LogP contribution in [0.15, 0.2) is 0 Å². The third-order valence-electron chi connectivity index (χ3n) is 5.33. The van der Waals surface area contributed by atoms with Gasteiger partial charge in [-0.1, -0.05) is 13.8 Å². The van der Waals surface area contributed by atoms with Crippen LogP contribution in [0.2, 0.25) is 0 Å². The molecule has 4 aliphatic rings. The summed E-state index contributed by atoms with van der Waals surface area (Å²) in [6.07, 6.45) is 7.48. The normalized spacial score (nSPS) is 54.1. The summed E-state index contributed by atoms with van der Waals surface area (Å²) in [5.41, 5.74) is 0.874. The van der Waals surface area contributed by atoms with E-state index in [-0.39, 0.29) is 5.41 Å². The van der Waals surface area contributed by atoms with Gasteiger partial charge in [0.25, 0.3) is 0 Å². The summed E-state index contributed by atoms with van der Waals surface area (Å²) in [4.78, 5) is 12.2. The zero-order valence-electron chi connectivity index (χ0n) is 10.7. The van der Waals surface area contributed by atoms with Gasteiger partial charge >= 0.3 is 0 Å². The van der Waals surface area contributed by atoms with Crippen molar-refractivity contribution in [2.75, 3.05) is 7.05 Å². The van der Waals surface area contributed by atoms with Crippen LogP contribution in [0.3, 0.4) is 0 Å². The smallest absolute Gasteiger partial charge is 0.226 e. The van der Waals surface area contributed by atoms with Gasteiger partial charge in [-0.2, -0.15) is 0 Å². The molecule has 2 nitrogen and oxygen atoms in total. The van der Waals surface area contributed by atoms with E-state index in [0.29, 0.717) is 16.7 Å². The van der Waals surface area contributed by atoms with Crippen LogP contribution in [0.1, 0.15) is 52.4 Å². The van der Waals surface area contributed by atoms with Crippen molar-refractivity contribution in [3.05, 3.63) is 0 Å². The van der Waals surface area contributed by atoms with Gasteiger partial charge in [0, 0.05) is 7.05 Å². The SMILES string of the molecule is CNC(=O)C12CC3C[C@@](C)(C1)C[C@@](C)(C3)C2. The van der Waals surface area contributed by atoms with E-state index in [4.69, 9.17) is 0 Å². The first kappa shape index (κ1) is 10.6. The Labute approximate surface area is 98.2 Å². The number of nitrogens with one attached hydrogen (secondary N) is 1. The summed E-state index contributed by atoms with van der Waals surface area (Å²) in [5.74, 6) is 1.12. The molecule has 4 saturated carbocycles. The van der Waals surface area contributed by atoms with Gasteiger partial charge < -0.3 is 5.32 Å². The highest BCUT2D eigenvalue weighted by Crippen LogP contribution is 2.69. The van der Waals surface area contributed by atoms with E-state index in [1.165, 1.54) is 19.3 Å². The molecule has 0 unspecified atom stereocenters. The van der Waals surface area contributed by atoms with Gasteiger partial charge in [-0.15, -0.1) is 0 Å². The van der Waals surface area contributed by atoms with E-state index in [9.17, 15) is 4.79 Å². The summed E-state index contributed by atoms with van der Waals surface area (Å²) >= 11 is 0. The molecule has 4 bridgehead atoms. The second kappa shape index (κ2) is 2.83. The number of carbonyl (C=O) groups excluding carboxylic acids is 1. The molecule has 0 aliphatic heterocycles. The summed E-state index contributed by atoms with van der Waals surface area (Å²) < 4.78 is 0. The molecule has 90 valence electrons. The van der Waals surface area contributed by atoms with E-state index < -0.39 is 0 Å². The molecule has 16 heavy (non-hydrogen) atoms. The Hall–Kier alpha value is -0.530. The lowest BCUT2D eigenvalue weighted by molar-refractivity contribution is -0.169. The molecule has 2 atom stereocenters. The third-order valence-corrected chi connectivity index (χ3v) is 5.33. The van der Waals surface area contributed by atoms with Crippen molar-refractivity contribution in [3.8, 4) is 0 Å². The van der Waals surface area contributed by atoms with Crippen molar-refractivity contribution in [2.24, 2.45) is 22.2 Å². The van der Waals surface area contributed by atoms with Crippen LogP contribution < -0.4 is 5.32 Å². The fourth-order valence-corrected chi connectivity index (χ4v) is 5.97. The molecule has 4 rings (SSSR count). The highest BCUT2D eigenvalue weighted by atomic mass is 16.2. The van der Waals surface area contributed by atoms with Crippen LogP contribution in [-0.2, 0) is 4.79 Å². The largest absolute Gasteiger partial charge is 0.359 e. The Morgan fingerprint density at radius 2 is 1.62 bits per heavy atom. The lowest BCUT2D eigenvalue weighted by atomic mass is 9.40. The molecule has 0 aromatic rings. The van der Waals surface area contributed by atoms with Crippen molar-refractivity contribution >= 4 is 5.91 Å². The van der Waals surface area contributed by atoms with Crippen molar-refractivity contribution in [2.45, 2.75) is 52.4 Å². The van der Waals surface area contributed by atoms with Gasteiger partial charge in [-0.25, -0.2) is 0 Å². The molecule has 0 heterocycles. The number of hydrogen-bond donors (Lipinski definition) is 1. The molecule has 0 saturated heterocycles. The van der Waals surface area contributed by atoms with Crippen LogP contribution in [0.5, 0.6) is 0 Å². The molecule has 0 radical (unpaired) electrons. The van der Waals surface area contributed by atoms with Gasteiger partial charge in [0.05, 0.1) is 5.41 Å². The number of carbonyl (C=O) groups is 1. The third kappa shape index (κ3) is 1.28. The molecular weight excluding hydrogens is 198 g/mol. The van der Waals surface area contributed by atoms with Crippen LogP contribution in [-0.4, -0.2) is 13.0 Å². The minimum absolute atomic E-state index is 0.0162. The van der Waals surface area contributed by atoms with Gasteiger partial charge in [0.2, 0.25) is 5.91 Å². The Morgan fingerprint density at radius 3 is 2.06 bits per heavy atom. The van der Waals surface area contributed by atoms with Gasteiger partial charge in [-0.3, -0.25) is 4.79 Å². The fourth-order valence-electron chi connectivity index (χ4n) is 5.97. The first-order valence-electron chi connectivity index (χ1n) is 6.61. The maximum absolute atomic E-state index is 12.2. The Bertz CT molecular complexity index is 331. The molecule has 4 aliphatic carbocycles. The van der Waals surface area contributed by atoms with E-state index in [0.717, 1.165) is 25.2 Å². The van der Waals surface area contributed by atoms with E-state index in [1.54, 1.807) is 7.05 Å². The molecule has 1 amide bonds. The van der Waals surface area contributed by atoms with Crippen LogP contribution in [0.25, 0.3) is 0 Å². The standard InChI is InChI=1S/C14H23NO/c1-12-4-10-5-13(2,7-12)9-14(6-10,8-12)11(16)15-3/h10H,4-9H2,1-3H3,(H,15,16)/t10?,12-,13-,14?/m1/s1. The lowest BCUT2D eigenvalue weighted by Gasteiger charge is -2.64.